The summed E-state index contributed by atoms with van der Waals surface area (Å²) < 4.78 is 14.3. The van der Waals surface area contributed by atoms with Crippen molar-refractivity contribution in [3.8, 4) is 5.69 Å². The Hall–Kier alpha value is -2.35. The maximum atomic E-state index is 13.1. The molecule has 0 aliphatic heterocycles. The minimum atomic E-state index is -0.916. The largest absolute Gasteiger partial charge is 0.390 e. The zero-order chi connectivity index (χ0) is 12.4. The maximum absolute atomic E-state index is 13.1. The fourth-order valence-electron chi connectivity index (χ4n) is 1.28. The van der Waals surface area contributed by atoms with Crippen LogP contribution in [0.25, 0.3) is 5.69 Å². The molecule has 0 saturated heterocycles. The highest BCUT2D eigenvalue weighted by molar-refractivity contribution is 5.43. The number of aromatic nitrogens is 3. The van der Waals surface area contributed by atoms with Gasteiger partial charge in [0.15, 0.2) is 0 Å². The van der Waals surface area contributed by atoms with Gasteiger partial charge in [-0.15, -0.1) is 5.10 Å². The van der Waals surface area contributed by atoms with Gasteiger partial charge in [0.2, 0.25) is 5.82 Å². The Labute approximate surface area is 94.3 Å². The summed E-state index contributed by atoms with van der Waals surface area (Å²) >= 11 is 0. The lowest BCUT2D eigenvalue weighted by Gasteiger charge is -2.00. The van der Waals surface area contributed by atoms with E-state index in [1.165, 1.54) is 16.9 Å². The summed E-state index contributed by atoms with van der Waals surface area (Å²) in [7, 11) is 0. The van der Waals surface area contributed by atoms with Crippen molar-refractivity contribution in [2.75, 3.05) is 0 Å². The Kier molecular flexibility index (Phi) is 2.79. The van der Waals surface area contributed by atoms with Crippen LogP contribution < -0.4 is 0 Å². The third-order valence-corrected chi connectivity index (χ3v) is 2.09. The molecule has 1 aromatic carbocycles. The van der Waals surface area contributed by atoms with Crippen molar-refractivity contribution >= 4 is 5.69 Å². The predicted molar refractivity (Wildman–Crippen MR) is 53.9 cm³/mol. The molecule has 8 heteroatoms. The van der Waals surface area contributed by atoms with Crippen molar-refractivity contribution in [1.82, 2.24) is 15.0 Å². The summed E-state index contributed by atoms with van der Waals surface area (Å²) in [6, 6.07) is 3.36. The topological polar surface area (TPSA) is 94.1 Å². The number of aliphatic hydroxyl groups is 1. The Bertz CT molecular complexity index is 569. The number of nitrogens with zero attached hydrogens (tertiary/aromatic N) is 4. The van der Waals surface area contributed by atoms with Crippen molar-refractivity contribution in [2.24, 2.45) is 0 Å². The van der Waals surface area contributed by atoms with E-state index >= 15 is 0 Å². The summed E-state index contributed by atoms with van der Waals surface area (Å²) in [5.74, 6) is -0.916. The number of rotatable bonds is 3. The van der Waals surface area contributed by atoms with Gasteiger partial charge in [-0.2, -0.15) is 4.39 Å². The molecular formula is C9H7FN4O3. The van der Waals surface area contributed by atoms with Crippen molar-refractivity contribution in [3.63, 3.8) is 0 Å². The third-order valence-electron chi connectivity index (χ3n) is 2.09. The van der Waals surface area contributed by atoms with Crippen LogP contribution in [0, 0.1) is 15.9 Å². The highest BCUT2D eigenvalue weighted by atomic mass is 19.1. The monoisotopic (exact) mass is 238 g/mol. The molecule has 2 rings (SSSR count). The lowest BCUT2D eigenvalue weighted by atomic mass is 10.2. The predicted octanol–water partition coefficient (Wildman–Crippen LogP) is 0.807. The molecule has 7 nitrogen and oxygen atoms in total. The average molecular weight is 238 g/mol. The molecule has 88 valence electrons. The molecule has 0 bridgehead atoms. The van der Waals surface area contributed by atoms with Crippen LogP contribution in [0.2, 0.25) is 0 Å². The van der Waals surface area contributed by atoms with Crippen molar-refractivity contribution in [2.45, 2.75) is 6.61 Å². The SMILES string of the molecule is O=[N+]([O-])c1cc(-n2cc(CO)nn2)ccc1F. The number of hydrogen-bond acceptors (Lipinski definition) is 5. The molecule has 0 unspecified atom stereocenters. The zero-order valence-electron chi connectivity index (χ0n) is 8.45. The fourth-order valence-corrected chi connectivity index (χ4v) is 1.28. The summed E-state index contributed by atoms with van der Waals surface area (Å²) in [6.45, 7) is -0.288. The molecule has 0 aliphatic carbocycles. The number of nitro benzene ring substituents is 1. The third kappa shape index (κ3) is 2.11. The first-order chi connectivity index (χ1) is 8.11. The summed E-state index contributed by atoms with van der Waals surface area (Å²) in [4.78, 5) is 9.73. The van der Waals surface area contributed by atoms with Gasteiger partial charge in [-0.05, 0) is 12.1 Å². The Morgan fingerprint density at radius 1 is 1.53 bits per heavy atom. The summed E-state index contributed by atoms with van der Waals surface area (Å²) in [6.07, 6.45) is 1.40. The second-order valence-electron chi connectivity index (χ2n) is 3.21. The normalized spacial score (nSPS) is 10.5. The molecule has 1 heterocycles. The molecule has 0 saturated carbocycles. The standard InChI is InChI=1S/C9H7FN4O3/c10-8-2-1-7(3-9(8)14(16)17)13-4-6(5-15)11-12-13/h1-4,15H,5H2. The van der Waals surface area contributed by atoms with Crippen molar-refractivity contribution in [1.29, 1.82) is 0 Å². The summed E-state index contributed by atoms with van der Waals surface area (Å²) in [5, 5.41) is 26.6. The second kappa shape index (κ2) is 4.26. The zero-order valence-corrected chi connectivity index (χ0v) is 8.45. The Morgan fingerprint density at radius 2 is 2.29 bits per heavy atom. The first-order valence-electron chi connectivity index (χ1n) is 4.58. The summed E-state index contributed by atoms with van der Waals surface area (Å²) in [5.41, 5.74) is -0.0224. The van der Waals surface area contributed by atoms with E-state index in [1.54, 1.807) is 0 Å². The lowest BCUT2D eigenvalue weighted by molar-refractivity contribution is -0.387. The highest BCUT2D eigenvalue weighted by Crippen LogP contribution is 2.20. The van der Waals surface area contributed by atoms with Gasteiger partial charge in [0.25, 0.3) is 0 Å². The average Bonchev–Trinajstić information content (AvgIpc) is 2.78. The van der Waals surface area contributed by atoms with E-state index in [2.05, 4.69) is 10.3 Å². The van der Waals surface area contributed by atoms with E-state index in [-0.39, 0.29) is 6.61 Å². The van der Waals surface area contributed by atoms with Crippen LogP contribution >= 0.6 is 0 Å². The van der Waals surface area contributed by atoms with Gasteiger partial charge in [-0.25, -0.2) is 4.68 Å². The number of halogens is 1. The van der Waals surface area contributed by atoms with Crippen molar-refractivity contribution < 1.29 is 14.4 Å². The molecule has 0 radical (unpaired) electrons. The van der Waals surface area contributed by atoms with Crippen LogP contribution in [-0.2, 0) is 6.61 Å². The van der Waals surface area contributed by atoms with Crippen LogP contribution in [0.3, 0.4) is 0 Å². The van der Waals surface area contributed by atoms with E-state index in [0.717, 1.165) is 12.1 Å². The molecule has 0 fully saturated rings. The first kappa shape index (κ1) is 11.1. The van der Waals surface area contributed by atoms with E-state index < -0.39 is 16.4 Å². The van der Waals surface area contributed by atoms with E-state index in [0.29, 0.717) is 11.4 Å². The number of aliphatic hydroxyl groups excluding tert-OH is 1. The van der Waals surface area contributed by atoms with Gasteiger partial charge < -0.3 is 5.11 Å². The molecule has 0 spiro atoms. The van der Waals surface area contributed by atoms with E-state index in [9.17, 15) is 14.5 Å². The molecule has 1 N–H and O–H groups in total. The van der Waals surface area contributed by atoms with E-state index in [1.807, 2.05) is 0 Å². The van der Waals surface area contributed by atoms with Gasteiger partial charge in [-0.3, -0.25) is 10.1 Å². The van der Waals surface area contributed by atoms with Gasteiger partial charge in [0.05, 0.1) is 23.4 Å². The number of hydrogen-bond donors (Lipinski definition) is 1. The Balaban J connectivity index is 2.46. The Morgan fingerprint density at radius 3 is 2.88 bits per heavy atom. The first-order valence-corrected chi connectivity index (χ1v) is 4.58. The van der Waals surface area contributed by atoms with Crippen LogP contribution in [-0.4, -0.2) is 25.0 Å². The number of benzene rings is 1. The highest BCUT2D eigenvalue weighted by Gasteiger charge is 2.15. The van der Waals surface area contributed by atoms with Gasteiger partial charge >= 0.3 is 5.69 Å². The molecule has 17 heavy (non-hydrogen) atoms. The van der Waals surface area contributed by atoms with Crippen molar-refractivity contribution in [3.05, 3.63) is 46.0 Å². The molecule has 2 aromatic rings. The van der Waals surface area contributed by atoms with Crippen LogP contribution in [0.5, 0.6) is 0 Å². The molecule has 0 atom stereocenters. The minimum Gasteiger partial charge on any atom is -0.390 e. The van der Waals surface area contributed by atoms with Crippen LogP contribution in [0.15, 0.2) is 24.4 Å². The van der Waals surface area contributed by atoms with Gasteiger partial charge in [0.1, 0.15) is 5.69 Å². The second-order valence-corrected chi connectivity index (χ2v) is 3.21. The molecule has 0 aliphatic rings. The minimum absolute atomic E-state index is 0.288. The maximum Gasteiger partial charge on any atom is 0.306 e. The van der Waals surface area contributed by atoms with Crippen LogP contribution in [0.4, 0.5) is 10.1 Å². The van der Waals surface area contributed by atoms with Crippen LogP contribution in [0.1, 0.15) is 5.69 Å². The quantitative estimate of drug-likeness (QED) is 0.630. The molecule has 1 aromatic heterocycles. The van der Waals surface area contributed by atoms with E-state index in [4.69, 9.17) is 5.11 Å². The fraction of sp³-hybridized carbons (Fsp3) is 0.111. The van der Waals surface area contributed by atoms with Gasteiger partial charge in [-0.1, -0.05) is 5.21 Å². The van der Waals surface area contributed by atoms with Gasteiger partial charge in [0, 0.05) is 6.07 Å². The number of nitro groups is 1. The molecular weight excluding hydrogens is 231 g/mol. The smallest absolute Gasteiger partial charge is 0.306 e. The lowest BCUT2D eigenvalue weighted by Crippen LogP contribution is -1.98. The molecule has 0 amide bonds.